The van der Waals surface area contributed by atoms with Crippen LogP contribution in [-0.2, 0) is 11.2 Å². The second-order valence-electron chi connectivity index (χ2n) is 4.07. The molecule has 1 atom stereocenters. The third-order valence-electron chi connectivity index (χ3n) is 2.49. The maximum Gasteiger partial charge on any atom is 0.226 e. The number of benzene rings is 1. The van der Waals surface area contributed by atoms with Gasteiger partial charge in [-0.15, -0.1) is 0 Å². The van der Waals surface area contributed by atoms with E-state index in [2.05, 4.69) is 6.07 Å². The van der Waals surface area contributed by atoms with Crippen molar-refractivity contribution in [3.8, 4) is 6.07 Å². The van der Waals surface area contributed by atoms with Crippen molar-refractivity contribution in [2.24, 2.45) is 5.92 Å². The van der Waals surface area contributed by atoms with Gasteiger partial charge in [-0.2, -0.15) is 5.26 Å². The molecule has 0 fully saturated rings. The molecule has 0 spiro atoms. The second-order valence-corrected chi connectivity index (χ2v) is 4.07. The topological polar surface area (TPSA) is 44.1 Å². The van der Waals surface area contributed by atoms with Crippen LogP contribution >= 0.6 is 0 Å². The van der Waals surface area contributed by atoms with Crippen LogP contribution < -0.4 is 0 Å². The number of nitriles is 1. The van der Waals surface area contributed by atoms with Crippen molar-refractivity contribution in [3.63, 3.8) is 0 Å². The van der Waals surface area contributed by atoms with Gasteiger partial charge in [0.1, 0.15) is 5.82 Å². The van der Waals surface area contributed by atoms with E-state index in [1.54, 1.807) is 32.2 Å². The van der Waals surface area contributed by atoms with Gasteiger partial charge < -0.3 is 4.90 Å². The maximum absolute atomic E-state index is 13.3. The lowest BCUT2D eigenvalue weighted by molar-refractivity contribution is -0.129. The van der Waals surface area contributed by atoms with Crippen molar-refractivity contribution in [2.45, 2.75) is 13.3 Å². The summed E-state index contributed by atoms with van der Waals surface area (Å²) in [7, 11) is 1.62. The molecule has 1 aromatic carbocycles. The summed E-state index contributed by atoms with van der Waals surface area (Å²) >= 11 is 0. The monoisotopic (exact) mass is 234 g/mol. The molecule has 1 aromatic rings. The van der Waals surface area contributed by atoms with E-state index in [0.717, 1.165) is 0 Å². The van der Waals surface area contributed by atoms with Gasteiger partial charge in [-0.1, -0.05) is 18.2 Å². The fourth-order valence-electron chi connectivity index (χ4n) is 1.49. The molecule has 0 bridgehead atoms. The molecule has 3 nitrogen and oxygen atoms in total. The Morgan fingerprint density at radius 2 is 2.18 bits per heavy atom. The SMILES string of the molecule is CC(C#N)CN(C)C(=O)Cc1ccccc1F. The fourth-order valence-corrected chi connectivity index (χ4v) is 1.49. The van der Waals surface area contributed by atoms with E-state index in [9.17, 15) is 9.18 Å². The molecular formula is C13H15FN2O. The Balaban J connectivity index is 2.61. The number of hydrogen-bond donors (Lipinski definition) is 0. The highest BCUT2D eigenvalue weighted by Crippen LogP contribution is 2.09. The highest BCUT2D eigenvalue weighted by molar-refractivity contribution is 5.78. The van der Waals surface area contributed by atoms with Crippen LogP contribution in [0, 0.1) is 23.1 Å². The molecule has 0 saturated carbocycles. The summed E-state index contributed by atoms with van der Waals surface area (Å²) in [5.41, 5.74) is 0.383. The van der Waals surface area contributed by atoms with Crippen molar-refractivity contribution in [3.05, 3.63) is 35.6 Å². The summed E-state index contributed by atoms with van der Waals surface area (Å²) in [6.07, 6.45) is 0.0291. The van der Waals surface area contributed by atoms with E-state index in [1.165, 1.54) is 11.0 Å². The molecule has 0 aliphatic heterocycles. The lowest BCUT2D eigenvalue weighted by Crippen LogP contribution is -2.32. The lowest BCUT2D eigenvalue weighted by atomic mass is 10.1. The zero-order chi connectivity index (χ0) is 12.8. The van der Waals surface area contributed by atoms with Gasteiger partial charge in [-0.25, -0.2) is 4.39 Å². The van der Waals surface area contributed by atoms with Gasteiger partial charge in [0.25, 0.3) is 0 Å². The van der Waals surface area contributed by atoms with Crippen molar-refractivity contribution in [1.29, 1.82) is 5.26 Å². The van der Waals surface area contributed by atoms with Crippen LogP contribution in [0.15, 0.2) is 24.3 Å². The van der Waals surface area contributed by atoms with E-state index in [1.807, 2.05) is 0 Å². The number of amides is 1. The Hall–Kier alpha value is -1.89. The van der Waals surface area contributed by atoms with Gasteiger partial charge in [0.15, 0.2) is 0 Å². The molecule has 17 heavy (non-hydrogen) atoms. The summed E-state index contributed by atoms with van der Waals surface area (Å²) in [4.78, 5) is 13.2. The first kappa shape index (κ1) is 13.2. The predicted octanol–water partition coefficient (Wildman–Crippen LogP) is 1.99. The zero-order valence-corrected chi connectivity index (χ0v) is 9.98. The molecule has 90 valence electrons. The summed E-state index contributed by atoms with van der Waals surface area (Å²) in [6, 6.07) is 8.27. The number of carbonyl (C=O) groups is 1. The standard InChI is InChI=1S/C13H15FN2O/c1-10(8-15)9-16(2)13(17)7-11-5-3-4-6-12(11)14/h3-6,10H,7,9H2,1-2H3. The Kier molecular flexibility index (Phi) is 4.65. The van der Waals surface area contributed by atoms with Crippen LogP contribution in [0.4, 0.5) is 4.39 Å². The molecule has 1 amide bonds. The van der Waals surface area contributed by atoms with Crippen LogP contribution in [0.2, 0.25) is 0 Å². The fraction of sp³-hybridized carbons (Fsp3) is 0.385. The van der Waals surface area contributed by atoms with Gasteiger partial charge in [0.2, 0.25) is 5.91 Å². The van der Waals surface area contributed by atoms with Gasteiger partial charge in [0, 0.05) is 13.6 Å². The second kappa shape index (κ2) is 6.00. The third-order valence-corrected chi connectivity index (χ3v) is 2.49. The highest BCUT2D eigenvalue weighted by Gasteiger charge is 2.14. The Morgan fingerprint density at radius 1 is 1.53 bits per heavy atom. The summed E-state index contributed by atoms with van der Waals surface area (Å²) < 4.78 is 13.3. The number of likely N-dealkylation sites (N-methyl/N-ethyl adjacent to an activating group) is 1. The molecule has 0 aromatic heterocycles. The van der Waals surface area contributed by atoms with Crippen molar-refractivity contribution in [2.75, 3.05) is 13.6 Å². The zero-order valence-electron chi connectivity index (χ0n) is 9.98. The Labute approximate surface area is 100 Å². The molecule has 1 rings (SSSR count). The van der Waals surface area contributed by atoms with Gasteiger partial charge >= 0.3 is 0 Å². The van der Waals surface area contributed by atoms with Gasteiger partial charge in [0.05, 0.1) is 18.4 Å². The largest absolute Gasteiger partial charge is 0.344 e. The molecule has 0 aliphatic rings. The van der Waals surface area contributed by atoms with Crippen LogP contribution in [0.3, 0.4) is 0 Å². The van der Waals surface area contributed by atoms with Crippen LogP contribution in [-0.4, -0.2) is 24.4 Å². The summed E-state index contributed by atoms with van der Waals surface area (Å²) in [5, 5.41) is 8.65. The first-order valence-electron chi connectivity index (χ1n) is 5.41. The van der Waals surface area contributed by atoms with Crippen LogP contribution in [0.25, 0.3) is 0 Å². The summed E-state index contributed by atoms with van der Waals surface area (Å²) in [6.45, 7) is 2.11. The summed E-state index contributed by atoms with van der Waals surface area (Å²) in [5.74, 6) is -0.774. The van der Waals surface area contributed by atoms with Gasteiger partial charge in [-0.3, -0.25) is 4.79 Å². The Morgan fingerprint density at radius 3 is 2.76 bits per heavy atom. The van der Waals surface area contributed by atoms with Gasteiger partial charge in [-0.05, 0) is 18.6 Å². The first-order chi connectivity index (χ1) is 8.04. The molecule has 0 saturated heterocycles. The van der Waals surface area contributed by atoms with E-state index in [4.69, 9.17) is 5.26 Å². The molecule has 0 radical (unpaired) electrons. The van der Waals surface area contributed by atoms with Crippen molar-refractivity contribution in [1.82, 2.24) is 4.90 Å². The van der Waals surface area contributed by atoms with Crippen LogP contribution in [0.1, 0.15) is 12.5 Å². The minimum absolute atomic E-state index is 0.0291. The smallest absolute Gasteiger partial charge is 0.226 e. The number of rotatable bonds is 4. The van der Waals surface area contributed by atoms with E-state index >= 15 is 0 Å². The number of hydrogen-bond acceptors (Lipinski definition) is 2. The average Bonchev–Trinajstić information content (AvgIpc) is 2.31. The molecular weight excluding hydrogens is 219 g/mol. The quantitative estimate of drug-likeness (QED) is 0.799. The normalized spacial score (nSPS) is 11.6. The average molecular weight is 234 g/mol. The molecule has 1 unspecified atom stereocenters. The number of halogens is 1. The van der Waals surface area contributed by atoms with Crippen LogP contribution in [0.5, 0.6) is 0 Å². The minimum atomic E-state index is -0.373. The molecule has 0 heterocycles. The lowest BCUT2D eigenvalue weighted by Gasteiger charge is -2.18. The maximum atomic E-state index is 13.3. The Bertz CT molecular complexity index is 439. The predicted molar refractivity (Wildman–Crippen MR) is 62.5 cm³/mol. The number of nitrogens with zero attached hydrogens (tertiary/aromatic N) is 2. The van der Waals surface area contributed by atoms with Crippen molar-refractivity contribution >= 4 is 5.91 Å². The number of carbonyl (C=O) groups excluding carboxylic acids is 1. The first-order valence-corrected chi connectivity index (χ1v) is 5.41. The molecule has 4 heteroatoms. The van der Waals surface area contributed by atoms with E-state index in [0.29, 0.717) is 12.1 Å². The van der Waals surface area contributed by atoms with E-state index < -0.39 is 0 Å². The highest BCUT2D eigenvalue weighted by atomic mass is 19.1. The molecule has 0 N–H and O–H groups in total. The molecule has 0 aliphatic carbocycles. The minimum Gasteiger partial charge on any atom is -0.344 e. The van der Waals surface area contributed by atoms with Crippen molar-refractivity contribution < 1.29 is 9.18 Å². The van der Waals surface area contributed by atoms with E-state index in [-0.39, 0.29) is 24.1 Å². The third kappa shape index (κ3) is 3.87.